The van der Waals surface area contributed by atoms with Gasteiger partial charge >= 0.3 is 0 Å². The fourth-order valence-electron chi connectivity index (χ4n) is 4.24. The van der Waals surface area contributed by atoms with Crippen molar-refractivity contribution in [3.8, 4) is 0 Å². The van der Waals surface area contributed by atoms with Crippen LogP contribution in [-0.4, -0.2) is 44.7 Å². The van der Waals surface area contributed by atoms with E-state index in [2.05, 4.69) is 9.97 Å². The summed E-state index contributed by atoms with van der Waals surface area (Å²) in [5.74, 6) is -0.341. The molecule has 1 fully saturated rings. The molecule has 2 amide bonds. The molecule has 2 aliphatic rings. The van der Waals surface area contributed by atoms with Gasteiger partial charge in [0.1, 0.15) is 5.69 Å². The molecule has 6 nitrogen and oxygen atoms in total. The zero-order valence-electron chi connectivity index (χ0n) is 14.7. The molecule has 3 aromatic rings. The molecule has 7 heteroatoms. The lowest BCUT2D eigenvalue weighted by Gasteiger charge is -2.40. The minimum atomic E-state index is -1.06. The third-order valence-corrected chi connectivity index (χ3v) is 5.63. The molecule has 1 unspecified atom stereocenters. The molecule has 2 aliphatic heterocycles. The summed E-state index contributed by atoms with van der Waals surface area (Å²) in [7, 11) is 0. The Hall–Kier alpha value is -3.25. The van der Waals surface area contributed by atoms with Gasteiger partial charge in [0.2, 0.25) is 0 Å². The lowest BCUT2D eigenvalue weighted by molar-refractivity contribution is 0.0371. The maximum absolute atomic E-state index is 13.4. The molecular formula is C21H15ClN4O2. The summed E-state index contributed by atoms with van der Waals surface area (Å²) < 4.78 is 0. The predicted molar refractivity (Wildman–Crippen MR) is 103 cm³/mol. The second kappa shape index (κ2) is 6.14. The molecule has 138 valence electrons. The topological polar surface area (TPSA) is 66.4 Å². The van der Waals surface area contributed by atoms with E-state index in [4.69, 9.17) is 11.6 Å². The molecule has 0 radical (unpaired) electrons. The minimum absolute atomic E-state index is 0.108. The Morgan fingerprint density at radius 2 is 1.86 bits per heavy atom. The fourth-order valence-corrected chi connectivity index (χ4v) is 4.36. The summed E-state index contributed by atoms with van der Waals surface area (Å²) >= 11 is 6.10. The normalized spacial score (nSPS) is 20.2. The summed E-state index contributed by atoms with van der Waals surface area (Å²) in [5.41, 5.74) is 1.33. The maximum Gasteiger partial charge on any atom is 0.274 e. The molecular weight excluding hydrogens is 376 g/mol. The predicted octanol–water partition coefficient (Wildman–Crippen LogP) is 2.94. The van der Waals surface area contributed by atoms with Crippen LogP contribution in [0.4, 0.5) is 0 Å². The van der Waals surface area contributed by atoms with Crippen LogP contribution in [0.1, 0.15) is 32.0 Å². The SMILES string of the molecule is O=C(c1ccccn1)N1CCN2C(=O)c3ccncc3C12c1ccc(Cl)cc1. The van der Waals surface area contributed by atoms with Crippen molar-refractivity contribution in [3.05, 3.63) is 94.5 Å². The number of hydrogen-bond acceptors (Lipinski definition) is 4. The highest BCUT2D eigenvalue weighted by molar-refractivity contribution is 6.30. The Kier molecular flexibility index (Phi) is 3.70. The molecule has 0 spiro atoms. The zero-order valence-corrected chi connectivity index (χ0v) is 15.5. The van der Waals surface area contributed by atoms with Gasteiger partial charge in [0, 0.05) is 47.8 Å². The van der Waals surface area contributed by atoms with Gasteiger partial charge in [-0.3, -0.25) is 19.6 Å². The van der Waals surface area contributed by atoms with E-state index in [9.17, 15) is 9.59 Å². The Morgan fingerprint density at radius 1 is 1.04 bits per heavy atom. The summed E-state index contributed by atoms with van der Waals surface area (Å²) in [4.78, 5) is 38.5. The first-order valence-electron chi connectivity index (χ1n) is 8.89. The van der Waals surface area contributed by atoms with Crippen molar-refractivity contribution in [2.75, 3.05) is 13.1 Å². The second-order valence-electron chi connectivity index (χ2n) is 6.73. The third-order valence-electron chi connectivity index (χ3n) is 5.38. The number of benzene rings is 1. The van der Waals surface area contributed by atoms with Crippen LogP contribution in [0.25, 0.3) is 0 Å². The quantitative estimate of drug-likeness (QED) is 0.674. The van der Waals surface area contributed by atoms with Crippen LogP contribution in [0.15, 0.2) is 67.1 Å². The van der Waals surface area contributed by atoms with Gasteiger partial charge in [-0.15, -0.1) is 0 Å². The number of fused-ring (bicyclic) bond motifs is 3. The molecule has 5 rings (SSSR count). The molecule has 0 N–H and O–H groups in total. The van der Waals surface area contributed by atoms with Gasteiger partial charge in [0.05, 0.1) is 5.56 Å². The van der Waals surface area contributed by atoms with Crippen LogP contribution in [0.5, 0.6) is 0 Å². The number of hydrogen-bond donors (Lipinski definition) is 0. The Morgan fingerprint density at radius 3 is 2.61 bits per heavy atom. The molecule has 0 aliphatic carbocycles. The van der Waals surface area contributed by atoms with Crippen molar-refractivity contribution in [2.24, 2.45) is 0 Å². The van der Waals surface area contributed by atoms with E-state index in [1.54, 1.807) is 64.8 Å². The Labute approximate surface area is 166 Å². The van der Waals surface area contributed by atoms with E-state index in [0.29, 0.717) is 34.9 Å². The molecule has 28 heavy (non-hydrogen) atoms. The van der Waals surface area contributed by atoms with Gasteiger partial charge in [-0.2, -0.15) is 0 Å². The summed E-state index contributed by atoms with van der Waals surface area (Å²) in [6, 6.07) is 14.2. The smallest absolute Gasteiger partial charge is 0.274 e. The standard InChI is InChI=1S/C21H15ClN4O2/c22-15-6-4-14(5-7-15)21-17-13-23-10-8-16(17)19(27)25(21)11-12-26(21)20(28)18-3-1-2-9-24-18/h1-10,13H,11-12H2. The average molecular weight is 391 g/mol. The number of amides is 2. The van der Waals surface area contributed by atoms with Crippen LogP contribution in [0, 0.1) is 0 Å². The molecule has 1 saturated heterocycles. The average Bonchev–Trinajstić information content (AvgIpc) is 3.25. The highest BCUT2D eigenvalue weighted by Crippen LogP contribution is 2.49. The van der Waals surface area contributed by atoms with Crippen molar-refractivity contribution >= 4 is 23.4 Å². The highest BCUT2D eigenvalue weighted by Gasteiger charge is 2.60. The van der Waals surface area contributed by atoms with Gasteiger partial charge in [-0.05, 0) is 30.3 Å². The van der Waals surface area contributed by atoms with Crippen LogP contribution in [-0.2, 0) is 5.66 Å². The van der Waals surface area contributed by atoms with E-state index in [1.165, 1.54) is 0 Å². The third kappa shape index (κ3) is 2.15. The summed E-state index contributed by atoms with van der Waals surface area (Å²) in [5, 5.41) is 0.586. The van der Waals surface area contributed by atoms with Crippen molar-refractivity contribution in [2.45, 2.75) is 5.66 Å². The number of halogens is 1. The van der Waals surface area contributed by atoms with Crippen molar-refractivity contribution < 1.29 is 9.59 Å². The summed E-state index contributed by atoms with van der Waals surface area (Å²) in [6.07, 6.45) is 4.86. The van der Waals surface area contributed by atoms with Crippen molar-refractivity contribution in [3.63, 3.8) is 0 Å². The Bertz CT molecular complexity index is 1090. The van der Waals surface area contributed by atoms with E-state index < -0.39 is 5.66 Å². The van der Waals surface area contributed by atoms with Gasteiger partial charge in [-0.25, -0.2) is 0 Å². The van der Waals surface area contributed by atoms with Crippen molar-refractivity contribution in [1.29, 1.82) is 0 Å². The van der Waals surface area contributed by atoms with Crippen LogP contribution in [0.3, 0.4) is 0 Å². The first-order chi connectivity index (χ1) is 13.6. The fraction of sp³-hybridized carbons (Fsp3) is 0.143. The minimum Gasteiger partial charge on any atom is -0.306 e. The lowest BCUT2D eigenvalue weighted by atomic mass is 9.91. The molecule has 0 saturated carbocycles. The van der Waals surface area contributed by atoms with Crippen LogP contribution >= 0.6 is 11.6 Å². The Balaban J connectivity index is 1.76. The first-order valence-corrected chi connectivity index (χ1v) is 9.27. The second-order valence-corrected chi connectivity index (χ2v) is 7.17. The molecule has 1 atom stereocenters. The first kappa shape index (κ1) is 16.9. The summed E-state index contributed by atoms with van der Waals surface area (Å²) in [6.45, 7) is 0.826. The number of pyridine rings is 2. The largest absolute Gasteiger partial charge is 0.306 e. The van der Waals surface area contributed by atoms with Crippen molar-refractivity contribution in [1.82, 2.24) is 19.8 Å². The van der Waals surface area contributed by atoms with Crippen LogP contribution in [0.2, 0.25) is 5.02 Å². The van der Waals surface area contributed by atoms with E-state index in [-0.39, 0.29) is 11.8 Å². The molecule has 4 heterocycles. The van der Waals surface area contributed by atoms with E-state index in [0.717, 1.165) is 5.56 Å². The number of nitrogens with zero attached hydrogens (tertiary/aromatic N) is 4. The number of aromatic nitrogens is 2. The number of rotatable bonds is 2. The van der Waals surface area contributed by atoms with Gasteiger partial charge in [0.15, 0.2) is 5.66 Å². The molecule has 2 aromatic heterocycles. The zero-order chi connectivity index (χ0) is 19.3. The maximum atomic E-state index is 13.4. The highest BCUT2D eigenvalue weighted by atomic mass is 35.5. The van der Waals surface area contributed by atoms with Gasteiger partial charge < -0.3 is 9.80 Å². The van der Waals surface area contributed by atoms with E-state index >= 15 is 0 Å². The number of carbonyl (C=O) groups excluding carboxylic acids is 2. The van der Waals surface area contributed by atoms with Crippen LogP contribution < -0.4 is 0 Å². The monoisotopic (exact) mass is 390 g/mol. The van der Waals surface area contributed by atoms with Gasteiger partial charge in [-0.1, -0.05) is 29.8 Å². The lowest BCUT2D eigenvalue weighted by Crippen LogP contribution is -2.51. The molecule has 0 bridgehead atoms. The number of carbonyl (C=O) groups is 2. The van der Waals surface area contributed by atoms with Gasteiger partial charge in [0.25, 0.3) is 11.8 Å². The van der Waals surface area contributed by atoms with E-state index in [1.807, 2.05) is 12.1 Å². The molecule has 1 aromatic carbocycles.